The van der Waals surface area contributed by atoms with Gasteiger partial charge in [0.1, 0.15) is 5.82 Å². The second-order valence-electron chi connectivity index (χ2n) is 9.45. The van der Waals surface area contributed by atoms with Gasteiger partial charge in [-0.15, -0.1) is 0 Å². The fourth-order valence-electron chi connectivity index (χ4n) is 5.43. The first kappa shape index (κ1) is 22.8. The summed E-state index contributed by atoms with van der Waals surface area (Å²) in [5, 5.41) is 3.14. The SMILES string of the molecule is O=S1(=O)c2cccc3cccc(c23)N1CCCCCCN1CCN(c2nsc3ccccc23)CC1. The maximum Gasteiger partial charge on any atom is 0.265 e. The number of hydrogen-bond acceptors (Lipinski definition) is 6. The van der Waals surface area contributed by atoms with Gasteiger partial charge in [0.2, 0.25) is 0 Å². The van der Waals surface area contributed by atoms with Crippen LogP contribution in [0, 0.1) is 0 Å². The van der Waals surface area contributed by atoms with Gasteiger partial charge in [-0.1, -0.05) is 49.2 Å². The molecule has 0 bridgehead atoms. The Bertz CT molecular complexity index is 1450. The topological polar surface area (TPSA) is 56.8 Å². The summed E-state index contributed by atoms with van der Waals surface area (Å²) in [5.74, 6) is 1.14. The Labute approximate surface area is 211 Å². The maximum absolute atomic E-state index is 13.1. The molecule has 3 heterocycles. The monoisotopic (exact) mass is 506 g/mol. The minimum Gasteiger partial charge on any atom is -0.353 e. The number of anilines is 2. The fourth-order valence-corrected chi connectivity index (χ4v) is 7.97. The molecule has 1 saturated heterocycles. The van der Waals surface area contributed by atoms with Crippen LogP contribution in [0.25, 0.3) is 20.9 Å². The van der Waals surface area contributed by atoms with Gasteiger partial charge in [-0.25, -0.2) is 8.42 Å². The van der Waals surface area contributed by atoms with Crippen LogP contribution in [0.4, 0.5) is 11.5 Å². The molecule has 0 saturated carbocycles. The highest BCUT2D eigenvalue weighted by Crippen LogP contribution is 2.42. The summed E-state index contributed by atoms with van der Waals surface area (Å²) < 4.78 is 33.8. The number of unbranched alkanes of at least 4 members (excludes halogenated alkanes) is 3. The van der Waals surface area contributed by atoms with Crippen molar-refractivity contribution in [1.82, 2.24) is 9.27 Å². The Kier molecular flexibility index (Phi) is 6.12. The third-order valence-corrected chi connectivity index (χ3v) is 9.97. The van der Waals surface area contributed by atoms with Crippen LogP contribution < -0.4 is 9.21 Å². The lowest BCUT2D eigenvalue weighted by molar-refractivity contribution is 0.252. The van der Waals surface area contributed by atoms with E-state index in [-0.39, 0.29) is 0 Å². The van der Waals surface area contributed by atoms with Crippen molar-refractivity contribution in [2.24, 2.45) is 0 Å². The van der Waals surface area contributed by atoms with E-state index in [4.69, 9.17) is 4.37 Å². The molecule has 35 heavy (non-hydrogen) atoms. The van der Waals surface area contributed by atoms with Gasteiger partial charge in [0, 0.05) is 43.5 Å². The Morgan fingerprint density at radius 3 is 2.37 bits per heavy atom. The van der Waals surface area contributed by atoms with Gasteiger partial charge in [-0.05, 0) is 60.6 Å². The third-order valence-electron chi connectivity index (χ3n) is 7.30. The molecule has 0 unspecified atom stereocenters. The highest BCUT2D eigenvalue weighted by Gasteiger charge is 2.34. The lowest BCUT2D eigenvalue weighted by atomic mass is 10.1. The molecule has 2 aliphatic rings. The number of piperazine rings is 1. The van der Waals surface area contributed by atoms with Gasteiger partial charge in [0.05, 0.1) is 15.3 Å². The molecule has 182 valence electrons. The summed E-state index contributed by atoms with van der Waals surface area (Å²) in [5.41, 5.74) is 0.837. The van der Waals surface area contributed by atoms with Crippen LogP contribution in [0.2, 0.25) is 0 Å². The van der Waals surface area contributed by atoms with Crippen molar-refractivity contribution in [1.29, 1.82) is 0 Å². The predicted molar refractivity (Wildman–Crippen MR) is 145 cm³/mol. The minimum atomic E-state index is -3.43. The number of benzene rings is 3. The van der Waals surface area contributed by atoms with E-state index in [1.165, 1.54) is 10.1 Å². The first-order valence-corrected chi connectivity index (χ1v) is 14.7. The van der Waals surface area contributed by atoms with E-state index in [1.807, 2.05) is 30.3 Å². The molecule has 0 N–H and O–H groups in total. The van der Waals surface area contributed by atoms with Gasteiger partial charge < -0.3 is 4.90 Å². The zero-order valence-corrected chi connectivity index (χ0v) is 21.4. The molecule has 1 fully saturated rings. The molecular formula is C27H30N4O2S2. The average molecular weight is 507 g/mol. The molecule has 2 aliphatic heterocycles. The normalized spacial score (nSPS) is 17.6. The summed E-state index contributed by atoms with van der Waals surface area (Å²) in [6.45, 7) is 5.84. The predicted octanol–water partition coefficient (Wildman–Crippen LogP) is 5.34. The lowest BCUT2D eigenvalue weighted by Crippen LogP contribution is -2.46. The van der Waals surface area contributed by atoms with Crippen molar-refractivity contribution in [3.8, 4) is 0 Å². The smallest absolute Gasteiger partial charge is 0.265 e. The van der Waals surface area contributed by atoms with E-state index in [2.05, 4.69) is 34.1 Å². The van der Waals surface area contributed by atoms with E-state index < -0.39 is 10.0 Å². The molecule has 6 nitrogen and oxygen atoms in total. The molecule has 0 radical (unpaired) electrons. The number of aromatic nitrogens is 1. The van der Waals surface area contributed by atoms with E-state index in [1.54, 1.807) is 21.9 Å². The summed E-state index contributed by atoms with van der Waals surface area (Å²) >= 11 is 1.59. The van der Waals surface area contributed by atoms with Crippen molar-refractivity contribution >= 4 is 53.9 Å². The van der Waals surface area contributed by atoms with Crippen molar-refractivity contribution < 1.29 is 8.42 Å². The second-order valence-corrected chi connectivity index (χ2v) is 12.1. The van der Waals surface area contributed by atoms with Crippen LogP contribution in [-0.2, 0) is 10.0 Å². The van der Waals surface area contributed by atoms with Gasteiger partial charge in [0.15, 0.2) is 0 Å². The first-order chi connectivity index (χ1) is 17.1. The van der Waals surface area contributed by atoms with E-state index in [0.717, 1.165) is 80.7 Å². The van der Waals surface area contributed by atoms with Crippen LogP contribution in [0.1, 0.15) is 25.7 Å². The quantitative estimate of drug-likeness (QED) is 0.302. The minimum absolute atomic E-state index is 0.454. The molecule has 0 amide bonds. The first-order valence-electron chi connectivity index (χ1n) is 12.5. The van der Waals surface area contributed by atoms with Gasteiger partial charge in [-0.3, -0.25) is 9.21 Å². The van der Waals surface area contributed by atoms with Crippen LogP contribution in [-0.4, -0.2) is 57.0 Å². The molecule has 0 aliphatic carbocycles. The van der Waals surface area contributed by atoms with Gasteiger partial charge in [-0.2, -0.15) is 4.37 Å². The largest absolute Gasteiger partial charge is 0.353 e. The molecule has 3 aromatic carbocycles. The van der Waals surface area contributed by atoms with Crippen LogP contribution >= 0.6 is 11.5 Å². The molecule has 6 rings (SSSR count). The Hall–Kier alpha value is -2.68. The van der Waals surface area contributed by atoms with Crippen molar-refractivity contribution in [3.05, 3.63) is 60.7 Å². The molecule has 0 spiro atoms. The van der Waals surface area contributed by atoms with E-state index in [0.29, 0.717) is 11.4 Å². The van der Waals surface area contributed by atoms with Crippen molar-refractivity contribution in [3.63, 3.8) is 0 Å². The fraction of sp³-hybridized carbons (Fsp3) is 0.370. The number of rotatable bonds is 8. The van der Waals surface area contributed by atoms with Crippen LogP contribution in [0.15, 0.2) is 65.6 Å². The Morgan fingerprint density at radius 2 is 1.54 bits per heavy atom. The highest BCUT2D eigenvalue weighted by atomic mass is 32.2. The number of nitrogens with zero attached hydrogens (tertiary/aromatic N) is 4. The number of fused-ring (bicyclic) bond motifs is 1. The maximum atomic E-state index is 13.1. The van der Waals surface area contributed by atoms with Crippen molar-refractivity contribution in [2.75, 3.05) is 48.5 Å². The highest BCUT2D eigenvalue weighted by molar-refractivity contribution is 7.93. The van der Waals surface area contributed by atoms with Crippen LogP contribution in [0.5, 0.6) is 0 Å². The zero-order chi connectivity index (χ0) is 23.8. The van der Waals surface area contributed by atoms with Crippen molar-refractivity contribution in [2.45, 2.75) is 30.6 Å². The molecule has 0 atom stereocenters. The summed E-state index contributed by atoms with van der Waals surface area (Å²) in [4.78, 5) is 5.42. The molecule has 4 aromatic rings. The molecular weight excluding hydrogens is 476 g/mol. The van der Waals surface area contributed by atoms with E-state index in [9.17, 15) is 8.42 Å². The van der Waals surface area contributed by atoms with E-state index >= 15 is 0 Å². The second kappa shape index (κ2) is 9.41. The Balaban J connectivity index is 0.954. The number of hydrogen-bond donors (Lipinski definition) is 0. The van der Waals surface area contributed by atoms with Crippen LogP contribution in [0.3, 0.4) is 0 Å². The third kappa shape index (κ3) is 4.17. The average Bonchev–Trinajstić information content (AvgIpc) is 3.40. The zero-order valence-electron chi connectivity index (χ0n) is 19.8. The molecule has 1 aromatic heterocycles. The standard InChI is InChI=1S/C27H30N4O2S2/c32-35(33)25-14-8-10-21-9-7-12-23(26(21)25)31(35)16-6-2-1-5-15-29-17-19-30(20-18-29)27-22-11-3-4-13-24(22)34-28-27/h3-4,7-14H,1-2,5-6,15-20H2. The van der Waals surface area contributed by atoms with Gasteiger partial charge >= 0.3 is 0 Å². The summed E-state index contributed by atoms with van der Waals surface area (Å²) in [7, 11) is -3.43. The van der Waals surface area contributed by atoms with Gasteiger partial charge in [0.25, 0.3) is 10.0 Å². The molecule has 8 heteroatoms. The summed E-state index contributed by atoms with van der Waals surface area (Å²) in [6.07, 6.45) is 4.21. The number of sulfonamides is 1. The Morgan fingerprint density at radius 1 is 0.800 bits per heavy atom. The summed E-state index contributed by atoms with van der Waals surface area (Å²) in [6, 6.07) is 19.9. The lowest BCUT2D eigenvalue weighted by Gasteiger charge is -2.35.